The topological polar surface area (TPSA) is 17.1 Å². The minimum atomic E-state index is 0.177. The van der Waals surface area contributed by atoms with Gasteiger partial charge in [0.1, 0.15) is 0 Å². The van der Waals surface area contributed by atoms with E-state index in [0.29, 0.717) is 11.2 Å². The molecule has 0 saturated heterocycles. The zero-order valence-corrected chi connectivity index (χ0v) is 10.9. The third-order valence-electron chi connectivity index (χ3n) is 5.96. The van der Waals surface area contributed by atoms with Crippen LogP contribution >= 0.6 is 0 Å². The van der Waals surface area contributed by atoms with E-state index in [1.54, 1.807) is 0 Å². The summed E-state index contributed by atoms with van der Waals surface area (Å²) in [5, 5.41) is 0. The fourth-order valence-corrected chi connectivity index (χ4v) is 4.86. The van der Waals surface area contributed by atoms with Crippen LogP contribution in [0, 0.1) is 22.2 Å². The molecule has 2 bridgehead atoms. The Kier molecular flexibility index (Phi) is 1.73. The zero-order valence-electron chi connectivity index (χ0n) is 10.9. The van der Waals surface area contributed by atoms with E-state index in [-0.39, 0.29) is 10.8 Å². The average Bonchev–Trinajstić information content (AvgIpc) is 2.63. The van der Waals surface area contributed by atoms with Gasteiger partial charge < -0.3 is 0 Å². The summed E-state index contributed by atoms with van der Waals surface area (Å²) in [4.78, 5) is 11.9. The monoisotopic (exact) mass is 218 g/mol. The molecule has 2 fully saturated rings. The van der Waals surface area contributed by atoms with E-state index < -0.39 is 0 Å². The number of hydrogen-bond acceptors (Lipinski definition) is 1. The lowest BCUT2D eigenvalue weighted by Crippen LogP contribution is -2.43. The maximum Gasteiger partial charge on any atom is 0.156 e. The van der Waals surface area contributed by atoms with E-state index in [1.807, 2.05) is 6.08 Å². The highest BCUT2D eigenvalue weighted by atomic mass is 16.1. The smallest absolute Gasteiger partial charge is 0.156 e. The minimum Gasteiger partial charge on any atom is -0.295 e. The number of ketones is 1. The summed E-state index contributed by atoms with van der Waals surface area (Å²) in [5.41, 5.74) is 2.29. The van der Waals surface area contributed by atoms with Crippen molar-refractivity contribution in [2.75, 3.05) is 0 Å². The SMILES string of the molecule is CC1(C)C2=CC(=O)CC(C)(C)[C@]23CC[C@H]1C3. The van der Waals surface area contributed by atoms with Crippen molar-refractivity contribution in [3.63, 3.8) is 0 Å². The molecule has 0 N–H and O–H groups in total. The Morgan fingerprint density at radius 1 is 1.25 bits per heavy atom. The zero-order chi connectivity index (χ0) is 11.8. The quantitative estimate of drug-likeness (QED) is 0.605. The van der Waals surface area contributed by atoms with E-state index in [0.717, 1.165) is 12.3 Å². The van der Waals surface area contributed by atoms with Crippen LogP contribution in [0.25, 0.3) is 0 Å². The molecule has 3 aliphatic carbocycles. The second-order valence-corrected chi connectivity index (χ2v) is 7.33. The molecule has 1 nitrogen and oxygen atoms in total. The van der Waals surface area contributed by atoms with E-state index >= 15 is 0 Å². The molecule has 3 rings (SSSR count). The summed E-state index contributed by atoms with van der Waals surface area (Å²) in [6.45, 7) is 9.31. The molecule has 0 aromatic carbocycles. The molecule has 1 heteroatoms. The number of carbonyl (C=O) groups excluding carboxylic acids is 1. The maximum atomic E-state index is 11.9. The molecule has 2 saturated carbocycles. The number of rotatable bonds is 0. The second-order valence-electron chi connectivity index (χ2n) is 7.33. The van der Waals surface area contributed by atoms with Crippen LogP contribution in [0.15, 0.2) is 11.6 Å². The summed E-state index contributed by atoms with van der Waals surface area (Å²) in [7, 11) is 0. The summed E-state index contributed by atoms with van der Waals surface area (Å²) < 4.78 is 0. The molecule has 0 unspecified atom stereocenters. The van der Waals surface area contributed by atoms with Gasteiger partial charge in [-0.05, 0) is 47.5 Å². The Hall–Kier alpha value is -0.590. The number of allylic oxidation sites excluding steroid dienone is 2. The maximum absolute atomic E-state index is 11.9. The number of carbonyl (C=O) groups is 1. The van der Waals surface area contributed by atoms with E-state index in [4.69, 9.17) is 0 Å². The second kappa shape index (κ2) is 2.63. The van der Waals surface area contributed by atoms with Crippen LogP contribution in [0.1, 0.15) is 53.4 Å². The first kappa shape index (κ1) is 10.6. The molecule has 0 amide bonds. The first-order chi connectivity index (χ1) is 7.30. The van der Waals surface area contributed by atoms with Gasteiger partial charge in [-0.3, -0.25) is 4.79 Å². The molecule has 1 spiro atoms. The Morgan fingerprint density at radius 3 is 2.62 bits per heavy atom. The lowest BCUT2D eigenvalue weighted by molar-refractivity contribution is -0.119. The fraction of sp³-hybridized carbons (Fsp3) is 0.800. The summed E-state index contributed by atoms with van der Waals surface area (Å²) in [5.74, 6) is 1.16. The minimum absolute atomic E-state index is 0.177. The summed E-state index contributed by atoms with van der Waals surface area (Å²) in [6, 6.07) is 0. The van der Waals surface area contributed by atoms with Crippen molar-refractivity contribution in [2.45, 2.75) is 53.4 Å². The molecular weight excluding hydrogens is 196 g/mol. The van der Waals surface area contributed by atoms with Gasteiger partial charge in [0.15, 0.2) is 5.78 Å². The van der Waals surface area contributed by atoms with Crippen molar-refractivity contribution in [1.82, 2.24) is 0 Å². The summed E-state index contributed by atoms with van der Waals surface area (Å²) in [6.07, 6.45) is 6.75. The van der Waals surface area contributed by atoms with Crippen LogP contribution < -0.4 is 0 Å². The Balaban J connectivity index is 2.22. The molecule has 2 atom stereocenters. The van der Waals surface area contributed by atoms with Gasteiger partial charge in [0.05, 0.1) is 0 Å². The predicted molar refractivity (Wildman–Crippen MR) is 65.0 cm³/mol. The van der Waals surface area contributed by atoms with Crippen molar-refractivity contribution < 1.29 is 4.79 Å². The molecule has 16 heavy (non-hydrogen) atoms. The Bertz CT molecular complexity index is 400. The van der Waals surface area contributed by atoms with Gasteiger partial charge >= 0.3 is 0 Å². The van der Waals surface area contributed by atoms with Crippen LogP contribution in [0.5, 0.6) is 0 Å². The third kappa shape index (κ3) is 0.959. The van der Waals surface area contributed by atoms with Crippen LogP contribution in [-0.2, 0) is 4.79 Å². The molecular formula is C15H22O. The van der Waals surface area contributed by atoms with Crippen LogP contribution in [-0.4, -0.2) is 5.78 Å². The Morgan fingerprint density at radius 2 is 1.94 bits per heavy atom. The molecule has 0 aromatic rings. The summed E-state index contributed by atoms with van der Waals surface area (Å²) >= 11 is 0. The van der Waals surface area contributed by atoms with Gasteiger partial charge in [-0.2, -0.15) is 0 Å². The molecule has 0 aromatic heterocycles. The lowest BCUT2D eigenvalue weighted by atomic mass is 9.53. The van der Waals surface area contributed by atoms with Gasteiger partial charge in [0, 0.05) is 6.42 Å². The standard InChI is InChI=1S/C15H22O/c1-13(2)9-11(16)7-12-14(3,4)10-5-6-15(12,13)8-10/h7,10H,5-6,8-9H2,1-4H3/t10-,15-/m0/s1. The van der Waals surface area contributed by atoms with Gasteiger partial charge in [0.25, 0.3) is 0 Å². The normalized spacial score (nSPS) is 43.1. The van der Waals surface area contributed by atoms with E-state index in [2.05, 4.69) is 27.7 Å². The molecule has 0 aliphatic heterocycles. The number of fused-ring (bicyclic) bond motifs is 1. The van der Waals surface area contributed by atoms with Gasteiger partial charge in [-0.15, -0.1) is 0 Å². The highest BCUT2D eigenvalue weighted by Gasteiger charge is 2.64. The van der Waals surface area contributed by atoms with E-state index in [1.165, 1.54) is 24.8 Å². The van der Waals surface area contributed by atoms with E-state index in [9.17, 15) is 4.79 Å². The van der Waals surface area contributed by atoms with Crippen molar-refractivity contribution in [3.05, 3.63) is 11.6 Å². The van der Waals surface area contributed by atoms with Gasteiger partial charge in [0.2, 0.25) is 0 Å². The lowest BCUT2D eigenvalue weighted by Gasteiger charge is -2.50. The van der Waals surface area contributed by atoms with Crippen LogP contribution in [0.2, 0.25) is 0 Å². The van der Waals surface area contributed by atoms with Gasteiger partial charge in [-0.1, -0.05) is 33.3 Å². The highest BCUT2D eigenvalue weighted by Crippen LogP contribution is 2.73. The van der Waals surface area contributed by atoms with Crippen LogP contribution in [0.4, 0.5) is 0 Å². The first-order valence-electron chi connectivity index (χ1n) is 6.55. The molecule has 0 heterocycles. The third-order valence-corrected chi connectivity index (χ3v) is 5.96. The van der Waals surface area contributed by atoms with Crippen molar-refractivity contribution in [3.8, 4) is 0 Å². The predicted octanol–water partition coefficient (Wildman–Crippen LogP) is 3.74. The first-order valence-corrected chi connectivity index (χ1v) is 6.55. The highest BCUT2D eigenvalue weighted by molar-refractivity contribution is 5.93. The van der Waals surface area contributed by atoms with Crippen molar-refractivity contribution >= 4 is 5.78 Å². The Labute approximate surface area is 98.3 Å². The largest absolute Gasteiger partial charge is 0.295 e. The van der Waals surface area contributed by atoms with Crippen molar-refractivity contribution in [2.24, 2.45) is 22.2 Å². The van der Waals surface area contributed by atoms with Gasteiger partial charge in [-0.25, -0.2) is 0 Å². The average molecular weight is 218 g/mol. The molecule has 88 valence electrons. The van der Waals surface area contributed by atoms with Crippen LogP contribution in [0.3, 0.4) is 0 Å². The number of hydrogen-bond donors (Lipinski definition) is 0. The molecule has 3 aliphatic rings. The molecule has 0 radical (unpaired) electrons. The van der Waals surface area contributed by atoms with Crippen molar-refractivity contribution in [1.29, 1.82) is 0 Å². The fourth-order valence-electron chi connectivity index (χ4n) is 4.86.